The number of rotatable bonds is 17. The normalized spacial score (nSPS) is 14.9. The number of thiophene rings is 3. The van der Waals surface area contributed by atoms with Gasteiger partial charge >= 0.3 is 0 Å². The van der Waals surface area contributed by atoms with Crippen LogP contribution in [0.25, 0.3) is 32.1 Å². The van der Waals surface area contributed by atoms with Crippen molar-refractivity contribution < 1.29 is 23.3 Å². The Morgan fingerprint density at radius 1 is 0.608 bits per heavy atom. The fourth-order valence-electron chi connectivity index (χ4n) is 7.35. The first-order valence-electron chi connectivity index (χ1n) is 23.7. The molecule has 0 bridgehead atoms. The van der Waals surface area contributed by atoms with E-state index < -0.39 is 12.2 Å². The molecule has 9 heterocycles. The second-order valence-corrected chi connectivity index (χ2v) is 22.0. The zero-order valence-corrected chi connectivity index (χ0v) is 43.7. The first kappa shape index (κ1) is 51.0. The number of aliphatic hydroxyl groups excluding tert-OH is 4. The average molecular weight is 1100 g/mol. The molecule has 2 unspecified atom stereocenters. The summed E-state index contributed by atoms with van der Waals surface area (Å²) >= 11 is 16.6. The minimum absolute atomic E-state index is 0. The molecule has 3 aliphatic rings. The second-order valence-electron chi connectivity index (χ2n) is 17.9. The van der Waals surface area contributed by atoms with E-state index in [1.165, 1.54) is 78.7 Å². The van der Waals surface area contributed by atoms with Gasteiger partial charge in [0, 0.05) is 88.0 Å². The number of anilines is 6. The number of nitrogens with zero attached hydrogens (tertiary/aromatic N) is 9. The minimum atomic E-state index is -0.895. The Morgan fingerprint density at radius 2 is 0.986 bits per heavy atom. The monoisotopic (exact) mass is 1100 g/mol. The van der Waals surface area contributed by atoms with E-state index in [1.807, 2.05) is 49.4 Å². The van der Waals surface area contributed by atoms with Gasteiger partial charge in [0.2, 0.25) is 0 Å². The third-order valence-electron chi connectivity index (χ3n) is 11.9. The predicted octanol–water partition coefficient (Wildman–Crippen LogP) is 11.2. The van der Waals surface area contributed by atoms with Crippen LogP contribution in [0.5, 0.6) is 0 Å². The summed E-state index contributed by atoms with van der Waals surface area (Å²) in [5.41, 5.74) is 4.88. The molecule has 20 nitrogen and oxygen atoms in total. The Bertz CT molecular complexity index is 3260. The van der Waals surface area contributed by atoms with E-state index in [4.69, 9.17) is 38.8 Å². The summed E-state index contributed by atoms with van der Waals surface area (Å²) in [7, 11) is 0. The van der Waals surface area contributed by atoms with Gasteiger partial charge in [-0.15, -0.1) is 34.0 Å². The highest BCUT2D eigenvalue weighted by Gasteiger charge is 2.28. The van der Waals surface area contributed by atoms with E-state index in [-0.39, 0.29) is 16.1 Å². The van der Waals surface area contributed by atoms with Gasteiger partial charge < -0.3 is 41.8 Å². The molecule has 0 amide bonds. The van der Waals surface area contributed by atoms with Crippen molar-refractivity contribution in [2.75, 3.05) is 29.2 Å². The highest BCUT2D eigenvalue weighted by atomic mass is 35.5. The lowest BCUT2D eigenvalue weighted by Gasteiger charge is -2.07. The molecule has 11 N–H and O–H groups in total. The summed E-state index contributed by atoms with van der Waals surface area (Å²) in [6.07, 6.45) is 10.4. The van der Waals surface area contributed by atoms with Crippen LogP contribution in [0.1, 0.15) is 116 Å². The number of H-pyrrole nitrogens is 3. The first-order chi connectivity index (χ1) is 35.9. The van der Waals surface area contributed by atoms with E-state index in [1.54, 1.807) is 31.5 Å². The molecule has 386 valence electrons. The molecule has 2 atom stereocenters. The topological polar surface area (TPSA) is 304 Å². The Balaban J connectivity index is 0.000000149. The maximum atomic E-state index is 9.73. The van der Waals surface area contributed by atoms with Gasteiger partial charge in [0.25, 0.3) is 0 Å². The third kappa shape index (κ3) is 12.5. The molecule has 9 aromatic rings. The summed E-state index contributed by atoms with van der Waals surface area (Å²) < 4.78 is 0. The molecular weight excluding hydrogens is 1040 g/mol. The van der Waals surface area contributed by atoms with Crippen molar-refractivity contribution in [1.29, 1.82) is 5.41 Å². The maximum Gasteiger partial charge on any atom is 0.171 e. The summed E-state index contributed by atoms with van der Waals surface area (Å²) in [5, 5.41) is 77.6. The van der Waals surface area contributed by atoms with Crippen LogP contribution < -0.4 is 16.0 Å². The number of halogens is 2. The van der Waals surface area contributed by atoms with Crippen molar-refractivity contribution in [3.05, 3.63) is 121 Å². The molecule has 25 heteroatoms. The highest BCUT2D eigenvalue weighted by Crippen LogP contribution is 2.42. The van der Waals surface area contributed by atoms with Crippen LogP contribution in [-0.2, 0) is 0 Å². The summed E-state index contributed by atoms with van der Waals surface area (Å²) in [6.45, 7) is 3.08. The number of nitrogens with one attached hydrogen (secondary N) is 7. The van der Waals surface area contributed by atoms with Crippen LogP contribution in [0.3, 0.4) is 0 Å². The van der Waals surface area contributed by atoms with Crippen LogP contribution in [0.15, 0.2) is 73.2 Å². The second kappa shape index (κ2) is 22.5. The zero-order chi connectivity index (χ0) is 51.5. The van der Waals surface area contributed by atoms with Crippen molar-refractivity contribution in [1.82, 2.24) is 60.5 Å². The van der Waals surface area contributed by atoms with Crippen LogP contribution in [0.2, 0.25) is 10.0 Å². The van der Waals surface area contributed by atoms with E-state index >= 15 is 0 Å². The molecule has 0 radical (unpaired) electrons. The van der Waals surface area contributed by atoms with E-state index in [0.717, 1.165) is 48.0 Å². The lowest BCUT2D eigenvalue weighted by atomic mass is 10.3. The van der Waals surface area contributed by atoms with Crippen molar-refractivity contribution >= 4 is 97.8 Å². The summed E-state index contributed by atoms with van der Waals surface area (Å²) in [6, 6.07) is 17.0. The molecule has 0 aromatic carbocycles. The lowest BCUT2D eigenvalue weighted by molar-refractivity contribution is 0.0983. The average Bonchev–Trinajstić information content (AvgIpc) is 4.29. The number of aromatic amines is 3. The van der Waals surface area contributed by atoms with Gasteiger partial charge in [0.1, 0.15) is 28.1 Å². The number of aliphatic hydroxyl groups is 4. The lowest BCUT2D eigenvalue weighted by Crippen LogP contribution is -2.00. The molecule has 0 saturated heterocycles. The van der Waals surface area contributed by atoms with Gasteiger partial charge in [-0.2, -0.15) is 15.3 Å². The summed E-state index contributed by atoms with van der Waals surface area (Å²) in [5.74, 6) is 7.27. The Morgan fingerprint density at radius 3 is 1.38 bits per heavy atom. The van der Waals surface area contributed by atoms with Crippen molar-refractivity contribution in [2.24, 2.45) is 0 Å². The number of aryl methyl sites for hydroxylation is 1. The van der Waals surface area contributed by atoms with E-state index in [2.05, 4.69) is 76.4 Å². The fourth-order valence-corrected chi connectivity index (χ4v) is 10.3. The van der Waals surface area contributed by atoms with Gasteiger partial charge in [0.15, 0.2) is 46.6 Å². The van der Waals surface area contributed by atoms with Crippen LogP contribution in [-0.4, -0.2) is 99.8 Å². The molecule has 3 aliphatic carbocycles. The van der Waals surface area contributed by atoms with Crippen LogP contribution in [0.4, 0.5) is 34.9 Å². The van der Waals surface area contributed by atoms with Gasteiger partial charge in [-0.05, 0) is 88.8 Å². The van der Waals surface area contributed by atoms with Gasteiger partial charge in [0.05, 0.1) is 40.2 Å². The molecule has 3 fully saturated rings. The maximum absolute atomic E-state index is 9.73. The van der Waals surface area contributed by atoms with Crippen molar-refractivity contribution in [3.8, 4) is 32.1 Å². The smallest absolute Gasteiger partial charge is 0.171 e. The largest absolute Gasteiger partial charge is 0.393 e. The quantitative estimate of drug-likeness (QED) is 0.0378. The van der Waals surface area contributed by atoms with Crippen molar-refractivity contribution in [2.45, 2.75) is 82.3 Å². The molecule has 12 rings (SSSR count). The van der Waals surface area contributed by atoms with Gasteiger partial charge in [-0.3, -0.25) is 15.3 Å². The summed E-state index contributed by atoms with van der Waals surface area (Å²) in [4.78, 5) is 31.3. The Hall–Kier alpha value is -6.54. The van der Waals surface area contributed by atoms with Crippen LogP contribution in [0, 0.1) is 12.3 Å². The van der Waals surface area contributed by atoms with Gasteiger partial charge in [-0.1, -0.05) is 23.2 Å². The van der Waals surface area contributed by atoms with Crippen molar-refractivity contribution in [3.63, 3.8) is 0 Å². The zero-order valence-electron chi connectivity index (χ0n) is 39.8. The molecule has 3 saturated carbocycles. The first-order valence-corrected chi connectivity index (χ1v) is 26.9. The molecule has 0 spiro atoms. The Labute approximate surface area is 448 Å². The van der Waals surface area contributed by atoms with Gasteiger partial charge in [-0.25, -0.2) is 29.9 Å². The molecular formula is C49H54Cl2N16O4S3. The number of hydrogen-bond acceptors (Lipinski definition) is 20. The fraction of sp³-hybridized carbons (Fsp3) is 0.306. The molecule has 74 heavy (non-hydrogen) atoms. The highest BCUT2D eigenvalue weighted by molar-refractivity contribution is 7.17. The van der Waals surface area contributed by atoms with E-state index in [0.29, 0.717) is 89.8 Å². The van der Waals surface area contributed by atoms with Crippen LogP contribution >= 0.6 is 57.2 Å². The molecule has 0 aliphatic heterocycles. The number of hydrogen-bond donors (Lipinski definition) is 11. The standard InChI is InChI=1S/C17H19N5O2S.C16H15ClN6S.C16H16ClN5O2S.2H2/c1-9-7-18-17(14-5-4-13(25-14)12(24)8-23)20-16(9)19-15-6-11(21-22-15)10-2-3-10;1-8(18)12-4-5-13(24-12)16-19-7-10(17)15(21-16)20-14-6-11(22-23-14)9-2-3-9;17-9-6-18-16(13-4-3-12(25-13)11(24)7-23)20-15(9)19-14-5-10(21-22-14)8-1-2-8;;/h4-7,10,12,23-24H,2-3,8H2,1H3,(H2,18,19,20,21,22);4-7,9,18H,2-3H2,1H3,(H2,19,20,21,22,23);3-6,8,11,23-24H,1-2,7H2,(H2,18,19,20,21,22);2*1H. The molecule has 9 aromatic heterocycles. The Kier molecular flexibility index (Phi) is 15.5. The predicted molar refractivity (Wildman–Crippen MR) is 293 cm³/mol. The third-order valence-corrected chi connectivity index (χ3v) is 16.1. The minimum Gasteiger partial charge on any atom is -0.393 e. The van der Waals surface area contributed by atoms with E-state index in [9.17, 15) is 10.2 Å². The SMILES string of the molecule is CC(=N)c1ccc(-c2ncc(Cl)c(Nc3cc(C4CC4)[nH]n3)n2)s1.Cc1cnc(-c2ccc(C(O)CO)s2)nc1Nc1cc(C2CC2)[nH]n1.OCC(O)c1ccc(-c2ncc(Cl)c(Nc3cc(C4CC4)[nH]n3)n2)s1.[HH].[HH]. The number of aromatic nitrogens is 12.